The molecule has 1 aliphatic rings. The molecule has 0 radical (unpaired) electrons. The zero-order valence-corrected chi connectivity index (χ0v) is 11.0. The van der Waals surface area contributed by atoms with Gasteiger partial charge in [-0.3, -0.25) is 9.69 Å². The lowest BCUT2D eigenvalue weighted by Crippen LogP contribution is -2.57. The highest BCUT2D eigenvalue weighted by Crippen LogP contribution is 2.26. The van der Waals surface area contributed by atoms with Gasteiger partial charge in [-0.1, -0.05) is 0 Å². The highest BCUT2D eigenvalue weighted by Gasteiger charge is 2.32. The number of carbonyl (C=O) groups excluding carboxylic acids is 1. The molecule has 1 aromatic rings. The van der Waals surface area contributed by atoms with Crippen LogP contribution in [0.15, 0.2) is 16.5 Å². The Hall–Kier alpha value is -1.29. The number of carbonyl (C=O) groups is 1. The summed E-state index contributed by atoms with van der Waals surface area (Å²) in [5.41, 5.74) is 0.126. The molecule has 0 bridgehead atoms. The van der Waals surface area contributed by atoms with Gasteiger partial charge in [0.05, 0.1) is 0 Å². The van der Waals surface area contributed by atoms with Gasteiger partial charge in [0.2, 0.25) is 0 Å². The van der Waals surface area contributed by atoms with Gasteiger partial charge in [-0.15, -0.1) is 0 Å². The lowest BCUT2D eigenvalue weighted by atomic mass is 10.00. The Morgan fingerprint density at radius 2 is 2.06 bits per heavy atom. The number of ketones is 1. The summed E-state index contributed by atoms with van der Waals surface area (Å²) in [6.45, 7) is 8.81. The molecule has 0 aliphatic carbocycles. The van der Waals surface area contributed by atoms with E-state index in [1.807, 2.05) is 6.07 Å². The first-order valence-electron chi connectivity index (χ1n) is 5.97. The Bertz CT molecular complexity index is 423. The van der Waals surface area contributed by atoms with Crippen LogP contribution in [0.3, 0.4) is 0 Å². The van der Waals surface area contributed by atoms with Crippen LogP contribution in [-0.4, -0.2) is 42.9 Å². The van der Waals surface area contributed by atoms with Gasteiger partial charge >= 0.3 is 0 Å². The van der Waals surface area contributed by atoms with E-state index in [0.717, 1.165) is 25.5 Å². The molecule has 4 nitrogen and oxygen atoms in total. The largest absolute Gasteiger partial charge is 0.437 e. The first kappa shape index (κ1) is 12.2. The average molecular weight is 236 g/mol. The summed E-state index contributed by atoms with van der Waals surface area (Å²) in [5.74, 6) is 1.22. The minimum Gasteiger partial charge on any atom is -0.437 e. The van der Waals surface area contributed by atoms with E-state index in [2.05, 4.69) is 30.7 Å². The SMILES string of the molecule is CC(=O)c1ccc(N2CCN(C)C(C)(C)C2)o1. The van der Waals surface area contributed by atoms with Crippen LogP contribution in [0.25, 0.3) is 0 Å². The van der Waals surface area contributed by atoms with Crippen LogP contribution in [0.5, 0.6) is 0 Å². The predicted molar refractivity (Wildman–Crippen MR) is 67.6 cm³/mol. The van der Waals surface area contributed by atoms with Crippen LogP contribution in [0.4, 0.5) is 5.88 Å². The molecule has 0 N–H and O–H groups in total. The van der Waals surface area contributed by atoms with E-state index < -0.39 is 0 Å². The first-order valence-corrected chi connectivity index (χ1v) is 5.97. The van der Waals surface area contributed by atoms with Gasteiger partial charge in [0.15, 0.2) is 17.4 Å². The molecule has 0 saturated carbocycles. The van der Waals surface area contributed by atoms with Crippen LogP contribution in [0.2, 0.25) is 0 Å². The first-order chi connectivity index (χ1) is 7.90. The number of furan rings is 1. The maximum absolute atomic E-state index is 11.2. The quantitative estimate of drug-likeness (QED) is 0.736. The molecule has 1 fully saturated rings. The molecule has 0 aromatic carbocycles. The zero-order valence-electron chi connectivity index (χ0n) is 11.0. The lowest BCUT2D eigenvalue weighted by Gasteiger charge is -2.45. The number of anilines is 1. The van der Waals surface area contributed by atoms with Gasteiger partial charge in [0.25, 0.3) is 0 Å². The van der Waals surface area contributed by atoms with Crippen LogP contribution in [-0.2, 0) is 0 Å². The highest BCUT2D eigenvalue weighted by atomic mass is 16.4. The number of likely N-dealkylation sites (N-methyl/N-ethyl adjacent to an activating group) is 1. The number of piperazine rings is 1. The Balaban J connectivity index is 2.15. The van der Waals surface area contributed by atoms with Gasteiger partial charge in [-0.2, -0.15) is 0 Å². The summed E-state index contributed by atoms with van der Waals surface area (Å²) in [7, 11) is 2.14. The van der Waals surface area contributed by atoms with Gasteiger partial charge in [-0.05, 0) is 27.0 Å². The maximum atomic E-state index is 11.2. The topological polar surface area (TPSA) is 36.7 Å². The molecule has 0 spiro atoms. The van der Waals surface area contributed by atoms with Crippen molar-refractivity contribution in [3.63, 3.8) is 0 Å². The van der Waals surface area contributed by atoms with E-state index in [9.17, 15) is 4.79 Å². The fraction of sp³-hybridized carbons (Fsp3) is 0.615. The van der Waals surface area contributed by atoms with E-state index in [0.29, 0.717) is 5.76 Å². The van der Waals surface area contributed by atoms with Crippen molar-refractivity contribution in [3.8, 4) is 0 Å². The Labute approximate surface area is 102 Å². The standard InChI is InChI=1S/C13H20N2O2/c1-10(16)11-5-6-12(17-11)15-8-7-14(4)13(2,3)9-15/h5-6H,7-9H2,1-4H3. The van der Waals surface area contributed by atoms with Crippen LogP contribution >= 0.6 is 0 Å². The van der Waals surface area contributed by atoms with E-state index in [1.165, 1.54) is 6.92 Å². The molecule has 0 atom stereocenters. The van der Waals surface area contributed by atoms with E-state index >= 15 is 0 Å². The van der Waals surface area contributed by atoms with Crippen molar-refractivity contribution in [1.82, 2.24) is 4.90 Å². The predicted octanol–water partition coefficient (Wildman–Crippen LogP) is 2.01. The maximum Gasteiger partial charge on any atom is 0.196 e. The molecule has 4 heteroatoms. The molecule has 2 heterocycles. The Morgan fingerprint density at radius 3 is 2.59 bits per heavy atom. The summed E-state index contributed by atoms with van der Waals surface area (Å²) < 4.78 is 5.57. The van der Waals surface area contributed by atoms with Gasteiger partial charge in [0, 0.05) is 38.2 Å². The third-order valence-electron chi connectivity index (χ3n) is 3.57. The number of hydrogen-bond acceptors (Lipinski definition) is 4. The molecule has 2 rings (SSSR count). The average Bonchev–Trinajstić information content (AvgIpc) is 2.71. The van der Waals surface area contributed by atoms with Crippen molar-refractivity contribution >= 4 is 11.7 Å². The van der Waals surface area contributed by atoms with Crippen molar-refractivity contribution < 1.29 is 9.21 Å². The summed E-state index contributed by atoms with van der Waals surface area (Å²) in [6.07, 6.45) is 0. The molecule has 17 heavy (non-hydrogen) atoms. The van der Waals surface area contributed by atoms with E-state index in [-0.39, 0.29) is 11.3 Å². The van der Waals surface area contributed by atoms with Crippen molar-refractivity contribution in [2.45, 2.75) is 26.3 Å². The second kappa shape index (κ2) is 4.18. The van der Waals surface area contributed by atoms with Gasteiger partial charge in [0.1, 0.15) is 0 Å². The molecule has 94 valence electrons. The fourth-order valence-corrected chi connectivity index (χ4v) is 2.12. The number of rotatable bonds is 2. The van der Waals surface area contributed by atoms with Crippen LogP contribution in [0.1, 0.15) is 31.3 Å². The number of hydrogen-bond donors (Lipinski definition) is 0. The number of Topliss-reactive ketones (excluding diaryl/α,β-unsaturated/α-hetero) is 1. The summed E-state index contributed by atoms with van der Waals surface area (Å²) in [6, 6.07) is 3.64. The second-order valence-corrected chi connectivity index (χ2v) is 5.35. The molecular weight excluding hydrogens is 216 g/mol. The summed E-state index contributed by atoms with van der Waals surface area (Å²) in [4.78, 5) is 15.7. The van der Waals surface area contributed by atoms with Crippen LogP contribution < -0.4 is 4.90 Å². The van der Waals surface area contributed by atoms with Crippen molar-refractivity contribution in [2.75, 3.05) is 31.6 Å². The zero-order chi connectivity index (χ0) is 12.6. The monoisotopic (exact) mass is 236 g/mol. The third kappa shape index (κ3) is 2.36. The Morgan fingerprint density at radius 1 is 1.35 bits per heavy atom. The number of nitrogens with zero attached hydrogens (tertiary/aromatic N) is 2. The van der Waals surface area contributed by atoms with E-state index in [1.54, 1.807) is 6.07 Å². The summed E-state index contributed by atoms with van der Waals surface area (Å²) in [5, 5.41) is 0. The molecule has 1 aliphatic heterocycles. The lowest BCUT2D eigenvalue weighted by molar-refractivity contribution is 0.0986. The van der Waals surface area contributed by atoms with E-state index in [4.69, 9.17) is 4.42 Å². The summed E-state index contributed by atoms with van der Waals surface area (Å²) >= 11 is 0. The van der Waals surface area contributed by atoms with Gasteiger partial charge < -0.3 is 9.32 Å². The smallest absolute Gasteiger partial charge is 0.196 e. The normalized spacial score (nSPS) is 20.6. The second-order valence-electron chi connectivity index (χ2n) is 5.35. The van der Waals surface area contributed by atoms with Gasteiger partial charge in [-0.25, -0.2) is 0 Å². The van der Waals surface area contributed by atoms with Crippen LogP contribution in [0, 0.1) is 0 Å². The molecule has 1 aromatic heterocycles. The Kier molecular flexibility index (Phi) is 3.00. The molecular formula is C13H20N2O2. The molecule has 0 amide bonds. The minimum absolute atomic E-state index is 0.0235. The minimum atomic E-state index is -0.0235. The third-order valence-corrected chi connectivity index (χ3v) is 3.57. The fourth-order valence-electron chi connectivity index (χ4n) is 2.12. The van der Waals surface area contributed by atoms with Crippen molar-refractivity contribution in [3.05, 3.63) is 17.9 Å². The molecule has 0 unspecified atom stereocenters. The van der Waals surface area contributed by atoms with Crippen molar-refractivity contribution in [1.29, 1.82) is 0 Å². The molecule has 1 saturated heterocycles. The van der Waals surface area contributed by atoms with Crippen molar-refractivity contribution in [2.24, 2.45) is 0 Å². The highest BCUT2D eigenvalue weighted by molar-refractivity contribution is 5.91.